The van der Waals surface area contributed by atoms with Crippen LogP contribution < -0.4 is 10.9 Å². The van der Waals surface area contributed by atoms with Crippen molar-refractivity contribution < 1.29 is 13.6 Å². The SMILES string of the molecule is CC(C(=O)Nc1cc(F)ccc1F)n1nc(-c2cccs2)ccc1=O. The number of nitrogens with zero attached hydrogens (tertiary/aromatic N) is 2. The molecule has 0 spiro atoms. The lowest BCUT2D eigenvalue weighted by molar-refractivity contribution is -0.119. The van der Waals surface area contributed by atoms with E-state index >= 15 is 0 Å². The van der Waals surface area contributed by atoms with Crippen molar-refractivity contribution in [2.24, 2.45) is 0 Å². The summed E-state index contributed by atoms with van der Waals surface area (Å²) in [7, 11) is 0. The van der Waals surface area contributed by atoms with Gasteiger partial charge < -0.3 is 5.32 Å². The predicted molar refractivity (Wildman–Crippen MR) is 91.5 cm³/mol. The van der Waals surface area contributed by atoms with Gasteiger partial charge in [-0.2, -0.15) is 5.10 Å². The van der Waals surface area contributed by atoms with Gasteiger partial charge in [-0.25, -0.2) is 13.5 Å². The quantitative estimate of drug-likeness (QED) is 0.774. The first kappa shape index (κ1) is 17.0. The Bertz CT molecular complexity index is 970. The third-order valence-corrected chi connectivity index (χ3v) is 4.42. The van der Waals surface area contributed by atoms with Gasteiger partial charge in [-0.3, -0.25) is 9.59 Å². The molecular formula is C17H13F2N3O2S. The molecule has 0 saturated carbocycles. The van der Waals surface area contributed by atoms with Gasteiger partial charge in [0.15, 0.2) is 0 Å². The van der Waals surface area contributed by atoms with E-state index in [1.54, 1.807) is 6.07 Å². The molecule has 0 aliphatic carbocycles. The maximum absolute atomic E-state index is 13.7. The summed E-state index contributed by atoms with van der Waals surface area (Å²) in [6.07, 6.45) is 0. The molecule has 0 radical (unpaired) electrons. The number of carbonyl (C=O) groups excluding carboxylic acids is 1. The van der Waals surface area contributed by atoms with Gasteiger partial charge in [-0.15, -0.1) is 11.3 Å². The average Bonchev–Trinajstić information content (AvgIpc) is 3.12. The molecular weight excluding hydrogens is 348 g/mol. The highest BCUT2D eigenvalue weighted by Crippen LogP contribution is 2.22. The second kappa shape index (κ2) is 6.94. The number of aromatic nitrogens is 2. The molecule has 1 N–H and O–H groups in total. The van der Waals surface area contributed by atoms with Gasteiger partial charge in [-0.1, -0.05) is 6.07 Å². The standard InChI is InChI=1S/C17H13F2N3O2S/c1-10(17(24)20-14-9-11(18)4-5-12(14)19)22-16(23)7-6-13(21-22)15-3-2-8-25-15/h2-10H,1H3,(H,20,24). The minimum Gasteiger partial charge on any atom is -0.322 e. The molecule has 2 aromatic heterocycles. The second-order valence-electron chi connectivity index (χ2n) is 5.27. The Kier molecular flexibility index (Phi) is 4.71. The molecule has 5 nitrogen and oxygen atoms in total. The molecule has 25 heavy (non-hydrogen) atoms. The zero-order valence-electron chi connectivity index (χ0n) is 13.1. The first-order valence-electron chi connectivity index (χ1n) is 7.35. The van der Waals surface area contributed by atoms with E-state index in [-0.39, 0.29) is 5.69 Å². The molecule has 0 fully saturated rings. The molecule has 128 valence electrons. The number of rotatable bonds is 4. The van der Waals surface area contributed by atoms with E-state index in [0.29, 0.717) is 5.69 Å². The van der Waals surface area contributed by atoms with E-state index in [4.69, 9.17) is 0 Å². The fraction of sp³-hybridized carbons (Fsp3) is 0.118. The van der Waals surface area contributed by atoms with Crippen LogP contribution in [0, 0.1) is 11.6 Å². The lowest BCUT2D eigenvalue weighted by Crippen LogP contribution is -2.33. The summed E-state index contributed by atoms with van der Waals surface area (Å²) in [5.41, 5.74) is -0.215. The number of hydrogen-bond donors (Lipinski definition) is 1. The lowest BCUT2D eigenvalue weighted by Gasteiger charge is -2.15. The largest absolute Gasteiger partial charge is 0.322 e. The van der Waals surface area contributed by atoms with Crippen molar-refractivity contribution in [2.45, 2.75) is 13.0 Å². The molecule has 2 heterocycles. The summed E-state index contributed by atoms with van der Waals surface area (Å²) in [5.74, 6) is -2.13. The van der Waals surface area contributed by atoms with E-state index in [1.807, 2.05) is 17.5 Å². The van der Waals surface area contributed by atoms with E-state index in [9.17, 15) is 18.4 Å². The molecule has 1 atom stereocenters. The number of nitrogens with one attached hydrogen (secondary N) is 1. The van der Waals surface area contributed by atoms with Crippen molar-refractivity contribution in [1.29, 1.82) is 0 Å². The van der Waals surface area contributed by atoms with Gasteiger partial charge >= 0.3 is 0 Å². The van der Waals surface area contributed by atoms with Crippen molar-refractivity contribution in [3.05, 3.63) is 69.8 Å². The third kappa shape index (κ3) is 3.63. The van der Waals surface area contributed by atoms with Crippen molar-refractivity contribution in [3.63, 3.8) is 0 Å². The molecule has 3 rings (SSSR count). The van der Waals surface area contributed by atoms with E-state index < -0.39 is 29.1 Å². The number of halogens is 2. The lowest BCUT2D eigenvalue weighted by atomic mass is 10.2. The smallest absolute Gasteiger partial charge is 0.267 e. The fourth-order valence-electron chi connectivity index (χ4n) is 2.20. The maximum Gasteiger partial charge on any atom is 0.267 e. The second-order valence-corrected chi connectivity index (χ2v) is 6.22. The van der Waals surface area contributed by atoms with Crippen molar-refractivity contribution >= 4 is 22.9 Å². The number of hydrogen-bond acceptors (Lipinski definition) is 4. The van der Waals surface area contributed by atoms with Gasteiger partial charge in [-0.05, 0) is 36.6 Å². The maximum atomic E-state index is 13.7. The fourth-order valence-corrected chi connectivity index (χ4v) is 2.89. The topological polar surface area (TPSA) is 64.0 Å². The van der Waals surface area contributed by atoms with Crippen LogP contribution in [0.3, 0.4) is 0 Å². The van der Waals surface area contributed by atoms with E-state index in [0.717, 1.165) is 27.8 Å². The zero-order chi connectivity index (χ0) is 18.0. The Hall–Kier alpha value is -2.87. The van der Waals surface area contributed by atoms with Crippen LogP contribution >= 0.6 is 11.3 Å². The number of amides is 1. The number of thiophene rings is 1. The van der Waals surface area contributed by atoms with Crippen LogP contribution in [-0.4, -0.2) is 15.7 Å². The molecule has 8 heteroatoms. The molecule has 1 aromatic carbocycles. The number of benzene rings is 1. The first-order valence-corrected chi connectivity index (χ1v) is 8.23. The first-order chi connectivity index (χ1) is 12.0. The number of anilines is 1. The van der Waals surface area contributed by atoms with Crippen molar-refractivity contribution in [2.75, 3.05) is 5.32 Å². The minimum atomic E-state index is -1.00. The van der Waals surface area contributed by atoms with Gasteiger partial charge in [0.1, 0.15) is 23.4 Å². The number of carbonyl (C=O) groups is 1. The van der Waals surface area contributed by atoms with Crippen LogP contribution in [-0.2, 0) is 4.79 Å². The predicted octanol–water partition coefficient (Wildman–Crippen LogP) is 3.45. The van der Waals surface area contributed by atoms with Gasteiger partial charge in [0.25, 0.3) is 5.56 Å². The molecule has 0 aliphatic rings. The van der Waals surface area contributed by atoms with Crippen LogP contribution in [0.15, 0.2) is 52.6 Å². The highest BCUT2D eigenvalue weighted by atomic mass is 32.1. The molecule has 3 aromatic rings. The zero-order valence-corrected chi connectivity index (χ0v) is 13.9. The molecule has 0 saturated heterocycles. The Morgan fingerprint density at radius 2 is 2.04 bits per heavy atom. The Balaban J connectivity index is 1.88. The summed E-state index contributed by atoms with van der Waals surface area (Å²) >= 11 is 1.45. The van der Waals surface area contributed by atoms with E-state index in [1.165, 1.54) is 24.3 Å². The minimum absolute atomic E-state index is 0.292. The van der Waals surface area contributed by atoms with Crippen LogP contribution in [0.4, 0.5) is 14.5 Å². The highest BCUT2D eigenvalue weighted by Gasteiger charge is 2.20. The Labute approximate surface area is 145 Å². The van der Waals surface area contributed by atoms with Crippen LogP contribution in [0.5, 0.6) is 0 Å². The van der Waals surface area contributed by atoms with Gasteiger partial charge in [0, 0.05) is 12.1 Å². The third-order valence-electron chi connectivity index (χ3n) is 3.53. The van der Waals surface area contributed by atoms with E-state index in [2.05, 4.69) is 10.4 Å². The van der Waals surface area contributed by atoms with Crippen molar-refractivity contribution in [3.8, 4) is 10.6 Å². The monoisotopic (exact) mass is 361 g/mol. The summed E-state index contributed by atoms with van der Waals surface area (Å²) in [4.78, 5) is 25.2. The molecule has 1 unspecified atom stereocenters. The van der Waals surface area contributed by atoms with Crippen LogP contribution in [0.2, 0.25) is 0 Å². The van der Waals surface area contributed by atoms with Gasteiger partial charge in [0.05, 0.1) is 10.6 Å². The molecule has 0 aliphatic heterocycles. The summed E-state index contributed by atoms with van der Waals surface area (Å²) < 4.78 is 27.9. The van der Waals surface area contributed by atoms with Crippen LogP contribution in [0.1, 0.15) is 13.0 Å². The Morgan fingerprint density at radius 3 is 2.76 bits per heavy atom. The van der Waals surface area contributed by atoms with Crippen molar-refractivity contribution in [1.82, 2.24) is 9.78 Å². The van der Waals surface area contributed by atoms with Crippen LogP contribution in [0.25, 0.3) is 10.6 Å². The summed E-state index contributed by atoms with van der Waals surface area (Å²) in [6.45, 7) is 1.46. The molecule has 1 amide bonds. The highest BCUT2D eigenvalue weighted by molar-refractivity contribution is 7.13. The average molecular weight is 361 g/mol. The summed E-state index contributed by atoms with van der Waals surface area (Å²) in [6, 6.07) is 8.31. The van der Waals surface area contributed by atoms with Gasteiger partial charge in [0.2, 0.25) is 5.91 Å². The normalized spacial score (nSPS) is 12.0. The summed E-state index contributed by atoms with van der Waals surface area (Å²) in [5, 5.41) is 8.35. The molecule has 0 bridgehead atoms. The Morgan fingerprint density at radius 1 is 1.24 bits per heavy atom.